The van der Waals surface area contributed by atoms with Crippen molar-refractivity contribution in [3.05, 3.63) is 24.5 Å². The number of rotatable bonds is 1. The van der Waals surface area contributed by atoms with Gasteiger partial charge >= 0.3 is 0 Å². The maximum Gasteiger partial charge on any atom is 0.152 e. The monoisotopic (exact) mass is 174 g/mol. The summed E-state index contributed by atoms with van der Waals surface area (Å²) in [6, 6.07) is 3.77. The molecule has 2 aromatic rings. The second-order valence-electron chi connectivity index (χ2n) is 2.75. The van der Waals surface area contributed by atoms with Crippen LogP contribution in [0, 0.1) is 0 Å². The lowest BCUT2D eigenvalue weighted by Gasteiger charge is -2.03. The SMILES string of the molecule is CNc1nccc2cc(N)cnc12. The van der Waals surface area contributed by atoms with Gasteiger partial charge in [0.1, 0.15) is 5.52 Å². The summed E-state index contributed by atoms with van der Waals surface area (Å²) in [5.74, 6) is 0.775. The molecule has 0 fully saturated rings. The smallest absolute Gasteiger partial charge is 0.152 e. The fourth-order valence-electron chi connectivity index (χ4n) is 1.26. The first-order valence-corrected chi connectivity index (χ1v) is 3.99. The van der Waals surface area contributed by atoms with Crippen LogP contribution in [-0.2, 0) is 0 Å². The second kappa shape index (κ2) is 2.90. The number of nitrogens with zero attached hydrogens (tertiary/aromatic N) is 2. The van der Waals surface area contributed by atoms with Crippen molar-refractivity contribution in [1.82, 2.24) is 9.97 Å². The number of nitrogens with one attached hydrogen (secondary N) is 1. The molecule has 0 saturated carbocycles. The molecule has 2 heterocycles. The van der Waals surface area contributed by atoms with E-state index in [1.807, 2.05) is 19.2 Å². The van der Waals surface area contributed by atoms with Gasteiger partial charge in [-0.3, -0.25) is 4.98 Å². The van der Waals surface area contributed by atoms with Crippen LogP contribution in [0.1, 0.15) is 0 Å². The summed E-state index contributed by atoms with van der Waals surface area (Å²) in [4.78, 5) is 8.34. The van der Waals surface area contributed by atoms with E-state index < -0.39 is 0 Å². The Balaban J connectivity index is 2.77. The fourth-order valence-corrected chi connectivity index (χ4v) is 1.26. The predicted octanol–water partition coefficient (Wildman–Crippen LogP) is 1.25. The van der Waals surface area contributed by atoms with Gasteiger partial charge in [-0.1, -0.05) is 0 Å². The normalized spacial score (nSPS) is 10.2. The minimum atomic E-state index is 0.667. The average Bonchev–Trinajstić information content (AvgIpc) is 2.16. The van der Waals surface area contributed by atoms with Gasteiger partial charge in [0.25, 0.3) is 0 Å². The van der Waals surface area contributed by atoms with Gasteiger partial charge < -0.3 is 11.1 Å². The van der Waals surface area contributed by atoms with Crippen LogP contribution in [0.15, 0.2) is 24.5 Å². The van der Waals surface area contributed by atoms with Crippen molar-refractivity contribution in [2.45, 2.75) is 0 Å². The Hall–Kier alpha value is -1.84. The number of hydrogen-bond donors (Lipinski definition) is 2. The Bertz CT molecular complexity index is 439. The molecule has 0 amide bonds. The van der Waals surface area contributed by atoms with Gasteiger partial charge in [0.05, 0.1) is 11.9 Å². The predicted molar refractivity (Wildman–Crippen MR) is 53.5 cm³/mol. The number of pyridine rings is 2. The number of nitrogens with two attached hydrogens (primary N) is 1. The summed E-state index contributed by atoms with van der Waals surface area (Å²) >= 11 is 0. The molecule has 3 N–H and O–H groups in total. The quantitative estimate of drug-likeness (QED) is 0.683. The van der Waals surface area contributed by atoms with Gasteiger partial charge in [0.2, 0.25) is 0 Å². The molecule has 0 saturated heterocycles. The molecule has 0 aliphatic carbocycles. The van der Waals surface area contributed by atoms with Gasteiger partial charge in [0.15, 0.2) is 5.82 Å². The van der Waals surface area contributed by atoms with Gasteiger partial charge in [-0.25, -0.2) is 4.98 Å². The highest BCUT2D eigenvalue weighted by atomic mass is 15.0. The number of hydrogen-bond acceptors (Lipinski definition) is 4. The molecular formula is C9H10N4. The van der Waals surface area contributed by atoms with Crippen molar-refractivity contribution in [2.75, 3.05) is 18.1 Å². The third kappa shape index (κ3) is 1.26. The molecule has 0 unspecified atom stereocenters. The summed E-state index contributed by atoms with van der Waals surface area (Å²) < 4.78 is 0. The van der Waals surface area contributed by atoms with E-state index in [1.54, 1.807) is 12.4 Å². The van der Waals surface area contributed by atoms with Crippen molar-refractivity contribution in [1.29, 1.82) is 0 Å². The summed E-state index contributed by atoms with van der Waals surface area (Å²) in [7, 11) is 1.82. The first kappa shape index (κ1) is 7.79. The number of anilines is 2. The molecule has 2 rings (SSSR count). The van der Waals surface area contributed by atoms with Crippen molar-refractivity contribution in [2.24, 2.45) is 0 Å². The van der Waals surface area contributed by atoms with Crippen LogP contribution < -0.4 is 11.1 Å². The van der Waals surface area contributed by atoms with Crippen molar-refractivity contribution in [3.63, 3.8) is 0 Å². The maximum absolute atomic E-state index is 5.61. The third-order valence-corrected chi connectivity index (χ3v) is 1.86. The zero-order valence-electron chi connectivity index (χ0n) is 7.28. The molecule has 0 aliphatic rings. The first-order chi connectivity index (χ1) is 6.31. The standard InChI is InChI=1S/C9H10N4/c1-11-9-8-6(2-3-12-9)4-7(10)5-13-8/h2-5H,10H2,1H3,(H,11,12). The third-order valence-electron chi connectivity index (χ3n) is 1.86. The molecule has 0 aliphatic heterocycles. The molecule has 4 heteroatoms. The Labute approximate surface area is 75.8 Å². The zero-order chi connectivity index (χ0) is 9.26. The van der Waals surface area contributed by atoms with Gasteiger partial charge in [-0.05, 0) is 12.1 Å². The second-order valence-corrected chi connectivity index (χ2v) is 2.75. The first-order valence-electron chi connectivity index (χ1n) is 3.99. The van der Waals surface area contributed by atoms with E-state index in [0.29, 0.717) is 5.69 Å². The number of nitrogen functional groups attached to an aromatic ring is 1. The average molecular weight is 174 g/mol. The number of aromatic nitrogens is 2. The van der Waals surface area contributed by atoms with Gasteiger partial charge in [-0.2, -0.15) is 0 Å². The lowest BCUT2D eigenvalue weighted by atomic mass is 10.2. The molecule has 2 aromatic heterocycles. The molecule has 0 radical (unpaired) electrons. The minimum Gasteiger partial charge on any atom is -0.397 e. The molecule has 13 heavy (non-hydrogen) atoms. The van der Waals surface area contributed by atoms with E-state index in [4.69, 9.17) is 5.73 Å². The van der Waals surface area contributed by atoms with E-state index in [9.17, 15) is 0 Å². The Morgan fingerprint density at radius 2 is 2.23 bits per heavy atom. The Kier molecular flexibility index (Phi) is 1.73. The summed E-state index contributed by atoms with van der Waals surface area (Å²) in [6.07, 6.45) is 3.36. The molecule has 66 valence electrons. The van der Waals surface area contributed by atoms with Crippen LogP contribution in [0.2, 0.25) is 0 Å². The van der Waals surface area contributed by atoms with Crippen molar-refractivity contribution >= 4 is 22.4 Å². The summed E-state index contributed by atoms with van der Waals surface area (Å²) in [6.45, 7) is 0. The van der Waals surface area contributed by atoms with Crippen LogP contribution in [0.3, 0.4) is 0 Å². The topological polar surface area (TPSA) is 63.8 Å². The van der Waals surface area contributed by atoms with E-state index >= 15 is 0 Å². The lowest BCUT2D eigenvalue weighted by Crippen LogP contribution is -1.95. The summed E-state index contributed by atoms with van der Waals surface area (Å²) in [5.41, 5.74) is 7.13. The molecule has 0 bridgehead atoms. The van der Waals surface area contributed by atoms with Gasteiger partial charge in [0, 0.05) is 18.6 Å². The highest BCUT2D eigenvalue weighted by molar-refractivity contribution is 5.89. The molecule has 0 atom stereocenters. The Morgan fingerprint density at radius 1 is 1.38 bits per heavy atom. The largest absolute Gasteiger partial charge is 0.397 e. The molecular weight excluding hydrogens is 164 g/mol. The fraction of sp³-hybridized carbons (Fsp3) is 0.111. The number of fused-ring (bicyclic) bond motifs is 1. The zero-order valence-corrected chi connectivity index (χ0v) is 7.28. The van der Waals surface area contributed by atoms with Crippen molar-refractivity contribution in [3.8, 4) is 0 Å². The van der Waals surface area contributed by atoms with E-state index in [1.165, 1.54) is 0 Å². The highest BCUT2D eigenvalue weighted by Crippen LogP contribution is 2.19. The van der Waals surface area contributed by atoms with E-state index in [2.05, 4.69) is 15.3 Å². The minimum absolute atomic E-state index is 0.667. The summed E-state index contributed by atoms with van der Waals surface area (Å²) in [5, 5.41) is 3.97. The Morgan fingerprint density at radius 3 is 3.00 bits per heavy atom. The maximum atomic E-state index is 5.61. The highest BCUT2D eigenvalue weighted by Gasteiger charge is 2.00. The van der Waals surface area contributed by atoms with Crippen LogP contribution in [0.5, 0.6) is 0 Å². The van der Waals surface area contributed by atoms with Gasteiger partial charge in [-0.15, -0.1) is 0 Å². The van der Waals surface area contributed by atoms with Crippen LogP contribution in [0.4, 0.5) is 11.5 Å². The molecule has 4 nitrogen and oxygen atoms in total. The van der Waals surface area contributed by atoms with E-state index in [0.717, 1.165) is 16.7 Å². The van der Waals surface area contributed by atoms with Crippen LogP contribution in [0.25, 0.3) is 10.9 Å². The molecule has 0 aromatic carbocycles. The lowest BCUT2D eigenvalue weighted by molar-refractivity contribution is 1.28. The van der Waals surface area contributed by atoms with Crippen molar-refractivity contribution < 1.29 is 0 Å². The van der Waals surface area contributed by atoms with E-state index in [-0.39, 0.29) is 0 Å². The van der Waals surface area contributed by atoms with Crippen LogP contribution in [-0.4, -0.2) is 17.0 Å². The molecule has 0 spiro atoms. The van der Waals surface area contributed by atoms with Crippen LogP contribution >= 0.6 is 0 Å².